The second-order valence-electron chi connectivity index (χ2n) is 4.72. The zero-order valence-corrected chi connectivity index (χ0v) is 10.4. The molecule has 0 aliphatic carbocycles. The number of benzene rings is 1. The van der Waals surface area contributed by atoms with Gasteiger partial charge in [-0.25, -0.2) is 4.79 Å². The molecule has 2 atom stereocenters. The number of amides is 1. The lowest BCUT2D eigenvalue weighted by Gasteiger charge is -2.21. The van der Waals surface area contributed by atoms with E-state index in [0.717, 1.165) is 10.5 Å². The highest BCUT2D eigenvalue weighted by Gasteiger charge is 2.39. The van der Waals surface area contributed by atoms with Gasteiger partial charge in [0, 0.05) is 13.0 Å². The number of carbonyl (C=O) groups excluding carboxylic acids is 1. The van der Waals surface area contributed by atoms with E-state index >= 15 is 0 Å². The van der Waals surface area contributed by atoms with Crippen LogP contribution < -0.4 is 0 Å². The second kappa shape index (κ2) is 4.89. The quantitative estimate of drug-likeness (QED) is 0.717. The number of phenols is 1. The highest BCUT2D eigenvalue weighted by Crippen LogP contribution is 2.25. The van der Waals surface area contributed by atoms with Crippen LogP contribution in [0, 0.1) is 6.92 Å². The highest BCUT2D eigenvalue weighted by molar-refractivity contribution is 5.99. The maximum Gasteiger partial charge on any atom is 0.326 e. The van der Waals surface area contributed by atoms with E-state index in [9.17, 15) is 19.8 Å². The van der Waals surface area contributed by atoms with E-state index in [2.05, 4.69) is 0 Å². The van der Waals surface area contributed by atoms with Gasteiger partial charge in [-0.1, -0.05) is 6.07 Å². The SMILES string of the molecule is Cc1ccc(C(=O)N2CC(O)CC2C(=O)O)c(O)c1. The van der Waals surface area contributed by atoms with Crippen LogP contribution in [0.5, 0.6) is 5.75 Å². The Bertz CT molecular complexity index is 528. The summed E-state index contributed by atoms with van der Waals surface area (Å²) in [5, 5.41) is 28.3. The zero-order valence-electron chi connectivity index (χ0n) is 10.4. The number of aliphatic hydroxyl groups is 1. The number of aromatic hydroxyl groups is 1. The number of carboxylic acids is 1. The number of hydrogen-bond donors (Lipinski definition) is 3. The predicted molar refractivity (Wildman–Crippen MR) is 65.9 cm³/mol. The molecule has 102 valence electrons. The number of rotatable bonds is 2. The molecule has 1 aliphatic rings. The van der Waals surface area contributed by atoms with Crippen LogP contribution in [-0.2, 0) is 4.79 Å². The van der Waals surface area contributed by atoms with Gasteiger partial charge in [0.15, 0.2) is 0 Å². The summed E-state index contributed by atoms with van der Waals surface area (Å²) in [7, 11) is 0. The van der Waals surface area contributed by atoms with E-state index in [1.807, 2.05) is 0 Å². The van der Waals surface area contributed by atoms with Crippen molar-refractivity contribution in [2.45, 2.75) is 25.5 Å². The fraction of sp³-hybridized carbons (Fsp3) is 0.385. The van der Waals surface area contributed by atoms with Crippen molar-refractivity contribution in [3.05, 3.63) is 29.3 Å². The van der Waals surface area contributed by atoms with Crippen molar-refractivity contribution < 1.29 is 24.9 Å². The van der Waals surface area contributed by atoms with Crippen molar-refractivity contribution in [1.82, 2.24) is 4.90 Å². The molecule has 2 unspecified atom stereocenters. The van der Waals surface area contributed by atoms with Crippen molar-refractivity contribution >= 4 is 11.9 Å². The van der Waals surface area contributed by atoms with Gasteiger partial charge < -0.3 is 20.2 Å². The number of carbonyl (C=O) groups is 2. The molecule has 0 saturated carbocycles. The molecule has 1 aliphatic heterocycles. The third kappa shape index (κ3) is 2.53. The Labute approximate surface area is 109 Å². The fourth-order valence-electron chi connectivity index (χ4n) is 2.25. The van der Waals surface area contributed by atoms with Gasteiger partial charge in [0.1, 0.15) is 11.8 Å². The summed E-state index contributed by atoms with van der Waals surface area (Å²) in [6, 6.07) is 3.50. The lowest BCUT2D eigenvalue weighted by atomic mass is 10.1. The third-order valence-electron chi connectivity index (χ3n) is 3.21. The maximum atomic E-state index is 12.2. The van der Waals surface area contributed by atoms with E-state index < -0.39 is 24.0 Å². The average Bonchev–Trinajstić information content (AvgIpc) is 2.70. The van der Waals surface area contributed by atoms with Crippen LogP contribution >= 0.6 is 0 Å². The molecule has 6 nitrogen and oxygen atoms in total. The van der Waals surface area contributed by atoms with E-state index in [1.165, 1.54) is 12.1 Å². The summed E-state index contributed by atoms with van der Waals surface area (Å²) in [6.45, 7) is 1.73. The van der Waals surface area contributed by atoms with Crippen LogP contribution in [0.25, 0.3) is 0 Å². The molecule has 1 amide bonds. The maximum absolute atomic E-state index is 12.2. The number of phenolic OH excluding ortho intramolecular Hbond substituents is 1. The van der Waals surface area contributed by atoms with Gasteiger partial charge in [-0.2, -0.15) is 0 Å². The van der Waals surface area contributed by atoms with E-state index in [1.54, 1.807) is 13.0 Å². The number of nitrogens with zero attached hydrogens (tertiary/aromatic N) is 1. The number of likely N-dealkylation sites (tertiary alicyclic amines) is 1. The van der Waals surface area contributed by atoms with Gasteiger partial charge in [0.25, 0.3) is 5.91 Å². The average molecular weight is 265 g/mol. The fourth-order valence-corrected chi connectivity index (χ4v) is 2.25. The molecule has 3 N–H and O–H groups in total. The van der Waals surface area contributed by atoms with Crippen LogP contribution in [0.15, 0.2) is 18.2 Å². The van der Waals surface area contributed by atoms with Gasteiger partial charge >= 0.3 is 5.97 Å². The van der Waals surface area contributed by atoms with Crippen LogP contribution in [0.2, 0.25) is 0 Å². The highest BCUT2D eigenvalue weighted by atomic mass is 16.4. The largest absolute Gasteiger partial charge is 0.507 e. The summed E-state index contributed by atoms with van der Waals surface area (Å²) in [5.41, 5.74) is 0.844. The molecule has 2 rings (SSSR count). The summed E-state index contributed by atoms with van der Waals surface area (Å²) >= 11 is 0. The minimum absolute atomic E-state index is 0.00764. The van der Waals surface area contributed by atoms with Crippen molar-refractivity contribution in [2.75, 3.05) is 6.54 Å². The monoisotopic (exact) mass is 265 g/mol. The van der Waals surface area contributed by atoms with Gasteiger partial charge in [-0.15, -0.1) is 0 Å². The van der Waals surface area contributed by atoms with Crippen LogP contribution in [0.3, 0.4) is 0 Å². The summed E-state index contributed by atoms with van der Waals surface area (Å²) in [5.74, 6) is -1.92. The molecular weight excluding hydrogens is 250 g/mol. The number of aliphatic hydroxyl groups excluding tert-OH is 1. The number of β-amino-alcohol motifs (C(OH)–C–C–N with tert-alkyl or cyclic N) is 1. The lowest BCUT2D eigenvalue weighted by Crippen LogP contribution is -2.40. The van der Waals surface area contributed by atoms with E-state index in [4.69, 9.17) is 5.11 Å². The Morgan fingerprint density at radius 3 is 2.63 bits per heavy atom. The Balaban J connectivity index is 2.30. The number of aryl methyl sites for hydroxylation is 1. The molecule has 0 aromatic heterocycles. The summed E-state index contributed by atoms with van der Waals surface area (Å²) in [6.07, 6.45) is -0.842. The number of aliphatic carboxylic acids is 1. The Kier molecular flexibility index (Phi) is 3.44. The normalized spacial score (nSPS) is 22.5. The zero-order chi connectivity index (χ0) is 14.2. The van der Waals surface area contributed by atoms with Crippen LogP contribution in [0.1, 0.15) is 22.3 Å². The first-order valence-corrected chi connectivity index (χ1v) is 5.91. The Morgan fingerprint density at radius 2 is 2.05 bits per heavy atom. The first kappa shape index (κ1) is 13.4. The molecule has 1 aromatic rings. The molecule has 1 heterocycles. The molecule has 1 aromatic carbocycles. The smallest absolute Gasteiger partial charge is 0.326 e. The summed E-state index contributed by atoms with van der Waals surface area (Å²) in [4.78, 5) is 24.4. The molecule has 6 heteroatoms. The van der Waals surface area contributed by atoms with Gasteiger partial charge in [0.05, 0.1) is 11.7 Å². The van der Waals surface area contributed by atoms with Crippen molar-refractivity contribution in [2.24, 2.45) is 0 Å². The second-order valence-corrected chi connectivity index (χ2v) is 4.72. The Morgan fingerprint density at radius 1 is 1.37 bits per heavy atom. The molecular formula is C13H15NO5. The number of hydrogen-bond acceptors (Lipinski definition) is 4. The topological polar surface area (TPSA) is 98.1 Å². The van der Waals surface area contributed by atoms with Crippen LogP contribution in [-0.4, -0.2) is 50.8 Å². The Hall–Kier alpha value is -2.08. The van der Waals surface area contributed by atoms with Gasteiger partial charge in [-0.3, -0.25) is 4.79 Å². The molecule has 1 saturated heterocycles. The predicted octanol–water partition coefficient (Wildman–Crippen LogP) is 0.361. The van der Waals surface area contributed by atoms with Gasteiger partial charge in [-0.05, 0) is 24.6 Å². The lowest BCUT2D eigenvalue weighted by molar-refractivity contribution is -0.141. The molecule has 1 fully saturated rings. The minimum Gasteiger partial charge on any atom is -0.507 e. The van der Waals surface area contributed by atoms with E-state index in [-0.39, 0.29) is 24.3 Å². The molecule has 0 bridgehead atoms. The van der Waals surface area contributed by atoms with E-state index in [0.29, 0.717) is 0 Å². The molecule has 0 spiro atoms. The standard InChI is InChI=1S/C13H15NO5/c1-7-2-3-9(11(16)4-7)12(17)14-6-8(15)5-10(14)13(18)19/h2-4,8,10,15-16H,5-6H2,1H3,(H,18,19). The van der Waals surface area contributed by atoms with Crippen molar-refractivity contribution in [3.63, 3.8) is 0 Å². The summed E-state index contributed by atoms with van der Waals surface area (Å²) < 4.78 is 0. The number of carboxylic acid groups (broad SMARTS) is 1. The first-order chi connectivity index (χ1) is 8.90. The molecule has 0 radical (unpaired) electrons. The van der Waals surface area contributed by atoms with Gasteiger partial charge in [0.2, 0.25) is 0 Å². The first-order valence-electron chi connectivity index (χ1n) is 5.91. The third-order valence-corrected chi connectivity index (χ3v) is 3.21. The minimum atomic E-state index is -1.16. The van der Waals surface area contributed by atoms with Crippen molar-refractivity contribution in [1.29, 1.82) is 0 Å². The van der Waals surface area contributed by atoms with Crippen LogP contribution in [0.4, 0.5) is 0 Å². The molecule has 19 heavy (non-hydrogen) atoms. The van der Waals surface area contributed by atoms with Crippen molar-refractivity contribution in [3.8, 4) is 5.75 Å².